The number of hydrogen-bond acceptors (Lipinski definition) is 2. The molecule has 0 atom stereocenters. The number of allylic oxidation sites excluding steroid dienone is 2. The molecule has 0 bridgehead atoms. The molecule has 0 N–H and O–H groups in total. The Labute approximate surface area is 377 Å². The Hall–Kier alpha value is -7.30. The van der Waals surface area contributed by atoms with Gasteiger partial charge in [-0.15, -0.1) is 0 Å². The van der Waals surface area contributed by atoms with Crippen molar-refractivity contribution in [2.45, 2.75) is 69.2 Å². The molecule has 0 saturated carbocycles. The molecule has 0 unspecified atom stereocenters. The van der Waals surface area contributed by atoms with Gasteiger partial charge in [0, 0.05) is 57.7 Å². The average Bonchev–Trinajstić information content (AvgIpc) is 3.76. The normalized spacial score (nSPS) is 11.4. The Kier molecular flexibility index (Phi) is 10.8. The summed E-state index contributed by atoms with van der Waals surface area (Å²) in [6.45, 7) is 29.0. The highest BCUT2D eigenvalue weighted by molar-refractivity contribution is 6.11. The molecule has 6 aromatic carbocycles. The maximum absolute atomic E-state index is 4.59. The zero-order valence-corrected chi connectivity index (χ0v) is 38.9. The van der Waals surface area contributed by atoms with Crippen LogP contribution in [-0.4, -0.2) is 19.1 Å². The van der Waals surface area contributed by atoms with Crippen LogP contribution in [0.2, 0.25) is 0 Å². The molecule has 0 aliphatic heterocycles. The van der Waals surface area contributed by atoms with Crippen LogP contribution in [0.4, 0.5) is 0 Å². The summed E-state index contributed by atoms with van der Waals surface area (Å²) >= 11 is 0. The summed E-state index contributed by atoms with van der Waals surface area (Å²) in [6.07, 6.45) is 11.1. The third kappa shape index (κ3) is 7.04. The van der Waals surface area contributed by atoms with E-state index in [1.165, 1.54) is 111 Å². The molecular weight excluding hydrogens is 777 g/mol. The summed E-state index contributed by atoms with van der Waals surface area (Å²) in [5.41, 5.74) is 27.6. The van der Waals surface area contributed by atoms with Crippen molar-refractivity contribution in [2.24, 2.45) is 0 Å². The molecule has 10 aromatic rings. The van der Waals surface area contributed by atoms with Crippen LogP contribution < -0.4 is 0 Å². The van der Waals surface area contributed by atoms with Crippen LogP contribution in [0.25, 0.3) is 88.4 Å². The van der Waals surface area contributed by atoms with Crippen LogP contribution in [0.15, 0.2) is 147 Å². The fraction of sp³-hybridized carbons (Fsp3) is 0.167. The first-order valence-electron chi connectivity index (χ1n) is 22.2. The first kappa shape index (κ1) is 42.0. The number of nitrogens with zero attached hydrogens (tertiary/aromatic N) is 4. The van der Waals surface area contributed by atoms with Gasteiger partial charge in [-0.05, 0) is 208 Å². The molecule has 0 fully saturated rings. The third-order valence-electron chi connectivity index (χ3n) is 13.0. The summed E-state index contributed by atoms with van der Waals surface area (Å²) in [4.78, 5) is 9.19. The summed E-state index contributed by atoms with van der Waals surface area (Å²) in [5.74, 6) is 0. The standard InChI is InChI=1S/C56H50N4.C4H6/c1-31-19-33(3)53(34(4)20-31)41-11-13-49-45(27-41)47-29-57-17-15-51(47)59(49)43-23-37(7)55(38(8)24-43)56-39(9)25-44(26-40(56)10)60-50-14-12-42(54-35(5)21-32(2)22-36(54)6)28-46(50)48-30-58-18-16-52(48)60;1-3-4-2/h11-30H,1-10H3;3-4H,1-2H2. The van der Waals surface area contributed by atoms with E-state index >= 15 is 0 Å². The van der Waals surface area contributed by atoms with E-state index in [1.807, 2.05) is 24.8 Å². The number of aryl methyl sites for hydroxylation is 10. The smallest absolute Gasteiger partial charge is 0.0571 e. The van der Waals surface area contributed by atoms with Crippen LogP contribution in [0.1, 0.15) is 55.6 Å². The molecule has 4 aromatic heterocycles. The van der Waals surface area contributed by atoms with Crippen LogP contribution in [0.3, 0.4) is 0 Å². The van der Waals surface area contributed by atoms with E-state index in [0.717, 1.165) is 33.2 Å². The first-order chi connectivity index (χ1) is 30.8. The zero-order valence-electron chi connectivity index (χ0n) is 38.9. The highest BCUT2D eigenvalue weighted by atomic mass is 15.0. The third-order valence-corrected chi connectivity index (χ3v) is 13.0. The van der Waals surface area contributed by atoms with Crippen LogP contribution in [0, 0.1) is 69.2 Å². The quantitative estimate of drug-likeness (QED) is 0.156. The highest BCUT2D eigenvalue weighted by Crippen LogP contribution is 2.42. The summed E-state index contributed by atoms with van der Waals surface area (Å²) in [7, 11) is 0. The van der Waals surface area contributed by atoms with Gasteiger partial charge in [0.15, 0.2) is 0 Å². The second-order valence-electron chi connectivity index (χ2n) is 17.8. The topological polar surface area (TPSA) is 35.6 Å². The van der Waals surface area contributed by atoms with Crippen molar-refractivity contribution in [1.29, 1.82) is 0 Å². The van der Waals surface area contributed by atoms with Crippen LogP contribution in [-0.2, 0) is 0 Å². The van der Waals surface area contributed by atoms with E-state index in [0.29, 0.717) is 0 Å². The second-order valence-corrected chi connectivity index (χ2v) is 17.8. The number of benzene rings is 6. The molecule has 64 heavy (non-hydrogen) atoms. The first-order valence-corrected chi connectivity index (χ1v) is 22.2. The summed E-state index contributed by atoms with van der Waals surface area (Å²) in [5, 5.41) is 4.76. The van der Waals surface area contributed by atoms with Gasteiger partial charge in [0.05, 0.1) is 22.1 Å². The number of aromatic nitrogens is 4. The lowest BCUT2D eigenvalue weighted by atomic mass is 9.88. The number of hydrogen-bond donors (Lipinski definition) is 0. The lowest BCUT2D eigenvalue weighted by Gasteiger charge is -2.20. The Morgan fingerprint density at radius 1 is 0.359 bits per heavy atom. The zero-order chi connectivity index (χ0) is 45.1. The van der Waals surface area contributed by atoms with Gasteiger partial charge in [-0.3, -0.25) is 9.97 Å². The van der Waals surface area contributed by atoms with E-state index in [-0.39, 0.29) is 0 Å². The van der Waals surface area contributed by atoms with Gasteiger partial charge in [-0.2, -0.15) is 0 Å². The van der Waals surface area contributed by atoms with Crippen molar-refractivity contribution >= 4 is 43.6 Å². The average molecular weight is 833 g/mol. The van der Waals surface area contributed by atoms with E-state index in [2.05, 4.69) is 199 Å². The van der Waals surface area contributed by atoms with Gasteiger partial charge in [-0.25, -0.2) is 0 Å². The number of pyridine rings is 2. The summed E-state index contributed by atoms with van der Waals surface area (Å²) in [6, 6.07) is 36.8. The number of rotatable bonds is 6. The SMILES string of the molecule is C=CC=C.Cc1cc(C)c(-c2ccc3c(c2)c2cnccc2n3-c2cc(C)c(-c3c(C)cc(-n4c5ccncc5c5cc(-c6c(C)cc(C)cc6C)ccc54)cc3C)c(C)c2)c(C)c1. The lowest BCUT2D eigenvalue weighted by Crippen LogP contribution is -2.02. The van der Waals surface area contributed by atoms with Gasteiger partial charge < -0.3 is 9.13 Å². The van der Waals surface area contributed by atoms with Crippen molar-refractivity contribution in [2.75, 3.05) is 0 Å². The van der Waals surface area contributed by atoms with Crippen LogP contribution >= 0.6 is 0 Å². The maximum atomic E-state index is 4.59. The minimum Gasteiger partial charge on any atom is -0.309 e. The Morgan fingerprint density at radius 2 is 0.672 bits per heavy atom. The molecule has 4 heteroatoms. The predicted molar refractivity (Wildman–Crippen MR) is 275 cm³/mol. The molecule has 316 valence electrons. The van der Waals surface area contributed by atoms with Crippen molar-refractivity contribution in [3.8, 4) is 44.8 Å². The Morgan fingerprint density at radius 3 is 1.00 bits per heavy atom. The fourth-order valence-electron chi connectivity index (χ4n) is 10.8. The molecule has 4 heterocycles. The van der Waals surface area contributed by atoms with E-state index in [4.69, 9.17) is 0 Å². The molecule has 0 radical (unpaired) electrons. The Balaban J connectivity index is 0.00000125. The van der Waals surface area contributed by atoms with Gasteiger partial charge in [0.25, 0.3) is 0 Å². The maximum Gasteiger partial charge on any atom is 0.0571 e. The molecular formula is C60H56N4. The Bertz CT molecular complexity index is 3210. The highest BCUT2D eigenvalue weighted by Gasteiger charge is 2.21. The van der Waals surface area contributed by atoms with Crippen molar-refractivity contribution in [3.63, 3.8) is 0 Å². The molecule has 10 rings (SSSR count). The van der Waals surface area contributed by atoms with E-state index in [9.17, 15) is 0 Å². The van der Waals surface area contributed by atoms with Crippen molar-refractivity contribution < 1.29 is 0 Å². The molecule has 0 amide bonds. The monoisotopic (exact) mass is 832 g/mol. The van der Waals surface area contributed by atoms with Gasteiger partial charge in [0.1, 0.15) is 0 Å². The van der Waals surface area contributed by atoms with Crippen molar-refractivity contribution in [3.05, 3.63) is 203 Å². The molecule has 0 aliphatic carbocycles. The number of fused-ring (bicyclic) bond motifs is 6. The predicted octanol–water partition coefficient (Wildman–Crippen LogP) is 16.1. The van der Waals surface area contributed by atoms with Gasteiger partial charge >= 0.3 is 0 Å². The molecule has 4 nitrogen and oxygen atoms in total. The van der Waals surface area contributed by atoms with Crippen molar-refractivity contribution in [1.82, 2.24) is 19.1 Å². The van der Waals surface area contributed by atoms with E-state index < -0.39 is 0 Å². The lowest BCUT2D eigenvalue weighted by molar-refractivity contribution is 1.14. The molecule has 0 aliphatic rings. The minimum atomic E-state index is 1.16. The summed E-state index contributed by atoms with van der Waals surface area (Å²) < 4.78 is 4.84. The van der Waals surface area contributed by atoms with Gasteiger partial charge in [-0.1, -0.05) is 72.8 Å². The molecule has 0 saturated heterocycles. The minimum absolute atomic E-state index is 1.16. The molecule has 0 spiro atoms. The van der Waals surface area contributed by atoms with Crippen LogP contribution in [0.5, 0.6) is 0 Å². The fourth-order valence-corrected chi connectivity index (χ4v) is 10.8. The second kappa shape index (κ2) is 16.4. The largest absolute Gasteiger partial charge is 0.309 e. The van der Waals surface area contributed by atoms with E-state index in [1.54, 1.807) is 12.2 Å². The van der Waals surface area contributed by atoms with Gasteiger partial charge in [0.2, 0.25) is 0 Å².